The molecule has 0 amide bonds. The largest absolute Gasteiger partial charge is 0.482 e. The van der Waals surface area contributed by atoms with E-state index in [0.29, 0.717) is 35.3 Å². The van der Waals surface area contributed by atoms with Crippen LogP contribution in [0, 0.1) is 0 Å². The van der Waals surface area contributed by atoms with Crippen LogP contribution in [0.25, 0.3) is 0 Å². The van der Waals surface area contributed by atoms with E-state index in [4.69, 9.17) is 21.1 Å². The van der Waals surface area contributed by atoms with Crippen molar-refractivity contribution in [3.8, 4) is 5.88 Å². The number of hydrogen-bond donors (Lipinski definition) is 2. The summed E-state index contributed by atoms with van der Waals surface area (Å²) in [5.41, 5.74) is 0.915. The van der Waals surface area contributed by atoms with E-state index in [2.05, 4.69) is 20.6 Å². The van der Waals surface area contributed by atoms with Crippen molar-refractivity contribution in [1.29, 1.82) is 0 Å². The maximum Gasteiger partial charge on any atom is 0.419 e. The first-order valence-corrected chi connectivity index (χ1v) is 12.9. The summed E-state index contributed by atoms with van der Waals surface area (Å²) >= 11 is 6.63. The molecule has 2 aliphatic rings. The Kier molecular flexibility index (Phi) is 7.48. The summed E-state index contributed by atoms with van der Waals surface area (Å²) in [6.45, 7) is 0. The van der Waals surface area contributed by atoms with Crippen LogP contribution in [0.1, 0.15) is 50.6 Å². The molecular weight excluding hydrogens is 561 g/mol. The number of nitrogens with one attached hydrogen (secondary N) is 2. The maximum atomic E-state index is 14.0. The van der Waals surface area contributed by atoms with E-state index in [9.17, 15) is 22.8 Å². The van der Waals surface area contributed by atoms with Gasteiger partial charge in [0.05, 0.1) is 42.0 Å². The molecule has 1 aliphatic carbocycles. The standard InChI is InChI=1S/C29H24ClF3N4O4/c1-40-26-17(15-39)12-22(29(31,32)33)25(36-26)35-24-7-6-18-19(24)4-3-5-20(18)28(21-9-11-34-13-23(21)30)10-8-16(14-38)27(37-28)41-2/h3-5,8-15,24,37H,6-7H2,1-2H3,(H,35,36)/t24?,28-/m0/s1. The van der Waals surface area contributed by atoms with E-state index in [0.717, 1.165) is 22.8 Å². The molecule has 0 spiro atoms. The number of hydrogen-bond acceptors (Lipinski definition) is 8. The molecule has 41 heavy (non-hydrogen) atoms. The Hall–Kier alpha value is -4.38. The van der Waals surface area contributed by atoms with E-state index >= 15 is 0 Å². The molecule has 1 aromatic carbocycles. The average Bonchev–Trinajstić information content (AvgIpc) is 3.38. The van der Waals surface area contributed by atoms with Crippen molar-refractivity contribution in [1.82, 2.24) is 15.3 Å². The number of rotatable bonds is 8. The van der Waals surface area contributed by atoms with Gasteiger partial charge >= 0.3 is 6.18 Å². The van der Waals surface area contributed by atoms with E-state index < -0.39 is 29.1 Å². The number of anilines is 1. The van der Waals surface area contributed by atoms with Crippen molar-refractivity contribution < 1.29 is 32.2 Å². The number of carbonyl (C=O) groups is 2. The van der Waals surface area contributed by atoms with Crippen LogP contribution < -0.4 is 15.4 Å². The van der Waals surface area contributed by atoms with Crippen molar-refractivity contribution in [3.05, 3.63) is 105 Å². The second-order valence-electron chi connectivity index (χ2n) is 9.44. The summed E-state index contributed by atoms with van der Waals surface area (Å²) in [7, 11) is 2.67. The number of dihydropyridines is 1. The number of fused-ring (bicyclic) bond motifs is 1. The highest BCUT2D eigenvalue weighted by Gasteiger charge is 2.42. The molecule has 0 bridgehead atoms. The van der Waals surface area contributed by atoms with Crippen LogP contribution in [0.5, 0.6) is 5.88 Å². The summed E-state index contributed by atoms with van der Waals surface area (Å²) in [5.74, 6) is -0.414. The Bertz CT molecular complexity index is 1590. The first kappa shape index (κ1) is 28.2. The molecule has 212 valence electrons. The molecule has 3 heterocycles. The molecular formula is C29H24ClF3N4O4. The van der Waals surface area contributed by atoms with Crippen LogP contribution in [-0.2, 0) is 27.7 Å². The van der Waals surface area contributed by atoms with Gasteiger partial charge < -0.3 is 20.1 Å². The predicted molar refractivity (Wildman–Crippen MR) is 145 cm³/mol. The minimum Gasteiger partial charge on any atom is -0.482 e. The molecule has 1 aliphatic heterocycles. The first-order chi connectivity index (χ1) is 19.7. The SMILES string of the molecule is COC1=C(C=O)C=C[C@@](c2ccncc2Cl)(c2cccc3c2CCC3Nc2nc(OC)c(C=O)cc2C(F)(F)F)N1. The molecule has 3 aromatic rings. The molecule has 2 N–H and O–H groups in total. The molecule has 0 fully saturated rings. The van der Waals surface area contributed by atoms with Gasteiger partial charge in [0, 0.05) is 18.0 Å². The Morgan fingerprint density at radius 2 is 1.95 bits per heavy atom. The van der Waals surface area contributed by atoms with Crippen molar-refractivity contribution in [2.24, 2.45) is 0 Å². The number of methoxy groups -OCH3 is 2. The number of nitrogens with zero attached hydrogens (tertiary/aromatic N) is 2. The number of carbonyl (C=O) groups excluding carboxylic acids is 2. The highest BCUT2D eigenvalue weighted by Crippen LogP contribution is 2.46. The van der Waals surface area contributed by atoms with Gasteiger partial charge in [0.2, 0.25) is 5.88 Å². The Morgan fingerprint density at radius 3 is 2.61 bits per heavy atom. The normalized spacial score (nSPS) is 19.8. The lowest BCUT2D eigenvalue weighted by molar-refractivity contribution is -0.137. The number of aromatic nitrogens is 2. The lowest BCUT2D eigenvalue weighted by Gasteiger charge is -2.38. The van der Waals surface area contributed by atoms with Crippen molar-refractivity contribution in [2.45, 2.75) is 30.6 Å². The summed E-state index contributed by atoms with van der Waals surface area (Å²) in [4.78, 5) is 31.1. The summed E-state index contributed by atoms with van der Waals surface area (Å²) in [6, 6.07) is 7.49. The van der Waals surface area contributed by atoms with Crippen LogP contribution in [0.4, 0.5) is 19.0 Å². The highest BCUT2D eigenvalue weighted by molar-refractivity contribution is 6.31. The third-order valence-electron chi connectivity index (χ3n) is 7.26. The van der Waals surface area contributed by atoms with E-state index in [1.807, 2.05) is 18.2 Å². The van der Waals surface area contributed by atoms with Gasteiger partial charge in [-0.15, -0.1) is 0 Å². The molecule has 2 aromatic heterocycles. The Morgan fingerprint density at radius 1 is 1.15 bits per heavy atom. The zero-order valence-electron chi connectivity index (χ0n) is 21.9. The number of ether oxygens (including phenoxy) is 2. The minimum absolute atomic E-state index is 0.213. The number of halogens is 4. The van der Waals surface area contributed by atoms with Crippen molar-refractivity contribution >= 4 is 30.0 Å². The molecule has 12 heteroatoms. The van der Waals surface area contributed by atoms with Gasteiger partial charge in [-0.25, -0.2) is 0 Å². The van der Waals surface area contributed by atoms with E-state index in [-0.39, 0.29) is 23.6 Å². The lowest BCUT2D eigenvalue weighted by Crippen LogP contribution is -2.45. The number of benzene rings is 1. The summed E-state index contributed by atoms with van der Waals surface area (Å²) < 4.78 is 52.5. The second-order valence-corrected chi connectivity index (χ2v) is 9.84. The first-order valence-electron chi connectivity index (χ1n) is 12.5. The molecule has 2 atom stereocenters. The van der Waals surface area contributed by atoms with Crippen LogP contribution in [0.2, 0.25) is 5.02 Å². The molecule has 1 unspecified atom stereocenters. The third kappa shape index (κ3) is 4.90. The fourth-order valence-electron chi connectivity index (χ4n) is 5.42. The molecule has 0 radical (unpaired) electrons. The number of pyridine rings is 2. The number of alkyl halides is 3. The number of aldehydes is 2. The van der Waals surface area contributed by atoms with Gasteiger partial charge in [-0.2, -0.15) is 18.2 Å². The molecule has 5 rings (SSSR count). The smallest absolute Gasteiger partial charge is 0.419 e. The van der Waals surface area contributed by atoms with Crippen LogP contribution in [-0.4, -0.2) is 36.8 Å². The van der Waals surface area contributed by atoms with Gasteiger partial charge in [0.15, 0.2) is 18.5 Å². The van der Waals surface area contributed by atoms with Gasteiger partial charge in [0.1, 0.15) is 11.4 Å². The zero-order valence-corrected chi connectivity index (χ0v) is 22.6. The zero-order chi connectivity index (χ0) is 29.4. The fraction of sp³-hybridized carbons (Fsp3) is 0.241. The van der Waals surface area contributed by atoms with Gasteiger partial charge in [-0.1, -0.05) is 29.8 Å². The summed E-state index contributed by atoms with van der Waals surface area (Å²) in [6.07, 6.45) is 3.71. The summed E-state index contributed by atoms with van der Waals surface area (Å²) in [5, 5.41) is 6.65. The average molecular weight is 585 g/mol. The molecule has 0 saturated heterocycles. The van der Waals surface area contributed by atoms with E-state index in [1.54, 1.807) is 24.4 Å². The van der Waals surface area contributed by atoms with Gasteiger partial charge in [0.25, 0.3) is 0 Å². The van der Waals surface area contributed by atoms with Crippen molar-refractivity contribution in [2.75, 3.05) is 19.5 Å². The lowest BCUT2D eigenvalue weighted by atomic mass is 9.78. The van der Waals surface area contributed by atoms with E-state index in [1.165, 1.54) is 20.4 Å². The Labute approximate surface area is 238 Å². The monoisotopic (exact) mass is 584 g/mol. The van der Waals surface area contributed by atoms with Gasteiger partial charge in [-0.05, 0) is 53.8 Å². The fourth-order valence-corrected chi connectivity index (χ4v) is 5.69. The van der Waals surface area contributed by atoms with Crippen LogP contribution in [0.15, 0.2) is 66.3 Å². The second kappa shape index (κ2) is 10.9. The third-order valence-corrected chi connectivity index (χ3v) is 7.56. The highest BCUT2D eigenvalue weighted by atomic mass is 35.5. The molecule has 8 nitrogen and oxygen atoms in total. The van der Waals surface area contributed by atoms with Crippen molar-refractivity contribution in [3.63, 3.8) is 0 Å². The maximum absolute atomic E-state index is 14.0. The topological polar surface area (TPSA) is 102 Å². The van der Waals surface area contributed by atoms with Crippen LogP contribution in [0.3, 0.4) is 0 Å². The van der Waals surface area contributed by atoms with Gasteiger partial charge in [-0.3, -0.25) is 14.6 Å². The number of allylic oxidation sites excluding steroid dienone is 2. The predicted octanol–water partition coefficient (Wildman–Crippen LogP) is 5.53. The minimum atomic E-state index is -4.76. The quantitative estimate of drug-likeness (QED) is 0.333. The van der Waals surface area contributed by atoms with Crippen LogP contribution >= 0.6 is 11.6 Å². The Balaban J connectivity index is 1.63. The molecule has 0 saturated carbocycles.